The molecule has 0 atom stereocenters. The molecule has 3 heterocycles. The predicted octanol–water partition coefficient (Wildman–Crippen LogP) is 1.74. The summed E-state index contributed by atoms with van der Waals surface area (Å²) in [5.74, 6) is -1.42. The van der Waals surface area contributed by atoms with E-state index in [-0.39, 0.29) is 30.6 Å². The molecule has 0 spiro atoms. The van der Waals surface area contributed by atoms with Gasteiger partial charge < -0.3 is 16.0 Å². The molecular weight excluding hydrogens is 392 g/mol. The number of nitrogens with one attached hydrogen (secondary N) is 1. The number of carbonyl (C=O) groups excluding carboxylic acids is 4. The normalized spacial score (nSPS) is 16.8. The molecule has 0 radical (unpaired) electrons. The lowest BCUT2D eigenvalue weighted by Gasteiger charge is -2.22. The fraction of sp³-hybridized carbons (Fsp3) is 0.300. The van der Waals surface area contributed by atoms with Crippen LogP contribution in [-0.4, -0.2) is 42.1 Å². The van der Waals surface area contributed by atoms with Gasteiger partial charge in [-0.1, -0.05) is 0 Å². The molecule has 0 saturated carbocycles. The number of anilines is 2. The third-order valence-corrected chi connectivity index (χ3v) is 6.29. The first kappa shape index (κ1) is 19.3. The summed E-state index contributed by atoms with van der Waals surface area (Å²) in [4.78, 5) is 52.7. The molecule has 2 aliphatic heterocycles. The molecule has 150 valence electrons. The molecular formula is C20H20N4O4S. The summed E-state index contributed by atoms with van der Waals surface area (Å²) < 4.78 is 0. The quantitative estimate of drug-likeness (QED) is 0.743. The second-order valence-corrected chi connectivity index (χ2v) is 8.29. The molecule has 2 aromatic rings. The predicted molar refractivity (Wildman–Crippen MR) is 109 cm³/mol. The van der Waals surface area contributed by atoms with Gasteiger partial charge in [-0.3, -0.25) is 24.1 Å². The summed E-state index contributed by atoms with van der Waals surface area (Å²) in [6, 6.07) is 6.24. The number of likely N-dealkylation sites (N-methyl/N-ethyl adjacent to an activating group) is 1. The van der Waals surface area contributed by atoms with Crippen LogP contribution < -0.4 is 16.0 Å². The molecule has 8 nitrogen and oxygen atoms in total. The SMILES string of the molecule is CN1CCc2c(sc(NC(=O)c3ccc(N4C(=O)CCC4=O)cc3)c2C(N)=O)C1. The number of hydrogen-bond donors (Lipinski definition) is 2. The minimum Gasteiger partial charge on any atom is -0.365 e. The van der Waals surface area contributed by atoms with E-state index in [4.69, 9.17) is 5.73 Å². The van der Waals surface area contributed by atoms with E-state index in [9.17, 15) is 19.2 Å². The molecule has 1 aromatic carbocycles. The fourth-order valence-electron chi connectivity index (χ4n) is 3.68. The number of carbonyl (C=O) groups is 4. The molecule has 3 N–H and O–H groups in total. The van der Waals surface area contributed by atoms with Crippen LogP contribution in [0.1, 0.15) is 44.0 Å². The van der Waals surface area contributed by atoms with Crippen molar-refractivity contribution < 1.29 is 19.2 Å². The second kappa shape index (κ2) is 7.41. The van der Waals surface area contributed by atoms with Gasteiger partial charge in [-0.05, 0) is 43.3 Å². The van der Waals surface area contributed by atoms with Crippen LogP contribution >= 0.6 is 11.3 Å². The number of primary amides is 1. The Morgan fingerprint density at radius 1 is 1.07 bits per heavy atom. The number of nitrogens with two attached hydrogens (primary N) is 1. The highest BCUT2D eigenvalue weighted by molar-refractivity contribution is 7.17. The van der Waals surface area contributed by atoms with Crippen LogP contribution in [0.25, 0.3) is 0 Å². The summed E-state index contributed by atoms with van der Waals surface area (Å²) in [5.41, 5.74) is 7.68. The van der Waals surface area contributed by atoms with Crippen molar-refractivity contribution in [3.8, 4) is 0 Å². The number of fused-ring (bicyclic) bond motifs is 1. The fourth-order valence-corrected chi connectivity index (χ4v) is 5.01. The van der Waals surface area contributed by atoms with Crippen LogP contribution in [0.2, 0.25) is 0 Å². The topological polar surface area (TPSA) is 113 Å². The van der Waals surface area contributed by atoms with E-state index in [1.54, 1.807) is 24.3 Å². The summed E-state index contributed by atoms with van der Waals surface area (Å²) in [6.07, 6.45) is 1.12. The van der Waals surface area contributed by atoms with Crippen molar-refractivity contribution >= 4 is 45.7 Å². The standard InChI is InChI=1S/C20H20N4O4S/c1-23-9-8-13-14(10-23)29-20(17(13)18(21)27)22-19(28)11-2-4-12(5-3-11)24-15(25)6-7-16(24)26/h2-5H,6-10H2,1H3,(H2,21,27)(H,22,28). The minimum absolute atomic E-state index is 0.204. The van der Waals surface area contributed by atoms with E-state index in [2.05, 4.69) is 10.2 Å². The van der Waals surface area contributed by atoms with Gasteiger partial charge >= 0.3 is 0 Å². The lowest BCUT2D eigenvalue weighted by Crippen LogP contribution is -2.28. The van der Waals surface area contributed by atoms with Crippen LogP contribution in [0.3, 0.4) is 0 Å². The average Bonchev–Trinajstić information content (AvgIpc) is 3.20. The number of nitrogens with zero attached hydrogens (tertiary/aromatic N) is 2. The van der Waals surface area contributed by atoms with Crippen LogP contribution in [0.5, 0.6) is 0 Å². The van der Waals surface area contributed by atoms with Crippen molar-refractivity contribution in [1.29, 1.82) is 0 Å². The van der Waals surface area contributed by atoms with Gasteiger partial charge in [0.05, 0.1) is 11.3 Å². The second-order valence-electron chi connectivity index (χ2n) is 7.18. The van der Waals surface area contributed by atoms with E-state index in [0.717, 1.165) is 21.9 Å². The number of thiophene rings is 1. The van der Waals surface area contributed by atoms with Gasteiger partial charge in [0, 0.05) is 36.4 Å². The Hall–Kier alpha value is -3.04. The number of amides is 4. The maximum Gasteiger partial charge on any atom is 0.256 e. The van der Waals surface area contributed by atoms with Gasteiger partial charge in [-0.25, -0.2) is 0 Å². The Balaban J connectivity index is 1.56. The molecule has 1 fully saturated rings. The van der Waals surface area contributed by atoms with Gasteiger partial charge in [-0.15, -0.1) is 11.3 Å². The van der Waals surface area contributed by atoms with Gasteiger partial charge in [0.2, 0.25) is 11.8 Å². The molecule has 4 amide bonds. The van der Waals surface area contributed by atoms with Crippen molar-refractivity contribution in [1.82, 2.24) is 4.90 Å². The van der Waals surface area contributed by atoms with Crippen LogP contribution in [0, 0.1) is 0 Å². The van der Waals surface area contributed by atoms with E-state index in [1.807, 2.05) is 7.05 Å². The zero-order valence-electron chi connectivity index (χ0n) is 15.9. The maximum absolute atomic E-state index is 12.7. The highest BCUT2D eigenvalue weighted by atomic mass is 32.1. The molecule has 1 aromatic heterocycles. The first-order chi connectivity index (χ1) is 13.8. The number of rotatable bonds is 4. The summed E-state index contributed by atoms with van der Waals surface area (Å²) in [5, 5.41) is 3.25. The summed E-state index contributed by atoms with van der Waals surface area (Å²) in [6.45, 7) is 1.54. The molecule has 0 unspecified atom stereocenters. The van der Waals surface area contributed by atoms with E-state index in [1.165, 1.54) is 11.3 Å². The Morgan fingerprint density at radius 2 is 1.72 bits per heavy atom. The summed E-state index contributed by atoms with van der Waals surface area (Å²) in [7, 11) is 2.00. The van der Waals surface area contributed by atoms with Crippen LogP contribution in [0.15, 0.2) is 24.3 Å². The zero-order chi connectivity index (χ0) is 20.7. The lowest BCUT2D eigenvalue weighted by atomic mass is 10.0. The van der Waals surface area contributed by atoms with E-state index in [0.29, 0.717) is 34.8 Å². The van der Waals surface area contributed by atoms with Gasteiger partial charge in [0.15, 0.2) is 0 Å². The Bertz CT molecular complexity index is 1010. The molecule has 4 rings (SSSR count). The maximum atomic E-state index is 12.7. The van der Waals surface area contributed by atoms with Crippen molar-refractivity contribution in [3.05, 3.63) is 45.8 Å². The summed E-state index contributed by atoms with van der Waals surface area (Å²) >= 11 is 1.37. The van der Waals surface area contributed by atoms with Crippen LogP contribution in [0.4, 0.5) is 10.7 Å². The third kappa shape index (κ3) is 3.54. The Morgan fingerprint density at radius 3 is 2.34 bits per heavy atom. The molecule has 9 heteroatoms. The number of imide groups is 1. The highest BCUT2D eigenvalue weighted by Crippen LogP contribution is 2.37. The molecule has 2 aliphatic rings. The van der Waals surface area contributed by atoms with Gasteiger partial charge in [-0.2, -0.15) is 0 Å². The Kier molecular flexibility index (Phi) is 4.93. The van der Waals surface area contributed by atoms with Crippen molar-refractivity contribution in [2.45, 2.75) is 25.8 Å². The molecule has 29 heavy (non-hydrogen) atoms. The van der Waals surface area contributed by atoms with E-state index < -0.39 is 5.91 Å². The first-order valence-electron chi connectivity index (χ1n) is 9.25. The highest BCUT2D eigenvalue weighted by Gasteiger charge is 2.30. The number of hydrogen-bond acceptors (Lipinski definition) is 6. The molecule has 0 bridgehead atoms. The first-order valence-corrected chi connectivity index (χ1v) is 10.1. The third-order valence-electron chi connectivity index (χ3n) is 5.16. The largest absolute Gasteiger partial charge is 0.365 e. The number of benzene rings is 1. The minimum atomic E-state index is -0.552. The monoisotopic (exact) mass is 412 g/mol. The zero-order valence-corrected chi connectivity index (χ0v) is 16.7. The average molecular weight is 412 g/mol. The van der Waals surface area contributed by atoms with Crippen molar-refractivity contribution in [2.24, 2.45) is 5.73 Å². The van der Waals surface area contributed by atoms with Crippen molar-refractivity contribution in [3.63, 3.8) is 0 Å². The van der Waals surface area contributed by atoms with Gasteiger partial charge in [0.1, 0.15) is 5.00 Å². The Labute approximate surface area is 171 Å². The smallest absolute Gasteiger partial charge is 0.256 e. The van der Waals surface area contributed by atoms with E-state index >= 15 is 0 Å². The van der Waals surface area contributed by atoms with Crippen molar-refractivity contribution in [2.75, 3.05) is 23.8 Å². The van der Waals surface area contributed by atoms with Gasteiger partial charge in [0.25, 0.3) is 11.8 Å². The van der Waals surface area contributed by atoms with Crippen LogP contribution in [-0.2, 0) is 22.6 Å². The molecule has 0 aliphatic carbocycles. The molecule has 1 saturated heterocycles. The lowest BCUT2D eigenvalue weighted by molar-refractivity contribution is -0.121.